The summed E-state index contributed by atoms with van der Waals surface area (Å²) in [5.74, 6) is 0.864. The number of hydrogen-bond donors (Lipinski definition) is 1. The molecule has 3 rings (SSSR count). The fourth-order valence-electron chi connectivity index (χ4n) is 4.17. The molecule has 2 unspecified atom stereocenters. The SMILES string of the molecule is CN(C)CC1CCN(C2CCc3ccccc3C2N)CC1. The topological polar surface area (TPSA) is 32.5 Å². The van der Waals surface area contributed by atoms with Crippen LogP contribution in [0.25, 0.3) is 0 Å². The number of likely N-dealkylation sites (tertiary alicyclic amines) is 1. The van der Waals surface area contributed by atoms with E-state index in [-0.39, 0.29) is 6.04 Å². The Morgan fingerprint density at radius 3 is 2.57 bits per heavy atom. The van der Waals surface area contributed by atoms with Crippen molar-refractivity contribution in [2.75, 3.05) is 33.7 Å². The molecule has 1 aliphatic carbocycles. The summed E-state index contributed by atoms with van der Waals surface area (Å²) in [4.78, 5) is 4.98. The number of piperidine rings is 1. The highest BCUT2D eigenvalue weighted by Crippen LogP contribution is 2.33. The molecule has 1 heterocycles. The summed E-state index contributed by atoms with van der Waals surface area (Å²) in [5, 5.41) is 0. The van der Waals surface area contributed by atoms with E-state index in [4.69, 9.17) is 5.73 Å². The molecule has 0 spiro atoms. The molecule has 1 aromatic carbocycles. The lowest BCUT2D eigenvalue weighted by molar-refractivity contribution is 0.0964. The van der Waals surface area contributed by atoms with Gasteiger partial charge in [-0.2, -0.15) is 0 Å². The molecule has 0 saturated carbocycles. The molecule has 0 bridgehead atoms. The second-order valence-electron chi connectivity index (χ2n) is 7.07. The number of benzene rings is 1. The summed E-state index contributed by atoms with van der Waals surface area (Å²) in [6, 6.07) is 9.48. The van der Waals surface area contributed by atoms with Crippen LogP contribution in [0.1, 0.15) is 36.4 Å². The van der Waals surface area contributed by atoms with Crippen LogP contribution in [0.5, 0.6) is 0 Å². The summed E-state index contributed by atoms with van der Waals surface area (Å²) in [6.07, 6.45) is 5.05. The van der Waals surface area contributed by atoms with E-state index in [1.54, 1.807) is 0 Å². The number of fused-ring (bicyclic) bond motifs is 1. The predicted molar refractivity (Wildman–Crippen MR) is 88.3 cm³/mol. The van der Waals surface area contributed by atoms with E-state index in [1.165, 1.54) is 56.4 Å². The first-order valence-electron chi connectivity index (χ1n) is 8.37. The van der Waals surface area contributed by atoms with E-state index in [0.717, 1.165) is 5.92 Å². The van der Waals surface area contributed by atoms with Gasteiger partial charge in [-0.25, -0.2) is 0 Å². The highest BCUT2D eigenvalue weighted by Gasteiger charge is 2.33. The first kappa shape index (κ1) is 15.0. The van der Waals surface area contributed by atoms with Crippen molar-refractivity contribution in [2.45, 2.75) is 37.8 Å². The molecule has 2 atom stereocenters. The molecule has 3 heteroatoms. The lowest BCUT2D eigenvalue weighted by Gasteiger charge is -2.43. The zero-order valence-electron chi connectivity index (χ0n) is 13.5. The van der Waals surface area contributed by atoms with Crippen LogP contribution >= 0.6 is 0 Å². The zero-order chi connectivity index (χ0) is 14.8. The van der Waals surface area contributed by atoms with Gasteiger partial charge in [0.2, 0.25) is 0 Å². The van der Waals surface area contributed by atoms with Crippen molar-refractivity contribution in [1.29, 1.82) is 0 Å². The third-order valence-electron chi connectivity index (χ3n) is 5.28. The van der Waals surface area contributed by atoms with Gasteiger partial charge in [0.15, 0.2) is 0 Å². The maximum atomic E-state index is 6.59. The Kier molecular flexibility index (Phi) is 4.63. The molecular formula is C18H29N3. The first-order chi connectivity index (χ1) is 10.1. The molecule has 0 radical (unpaired) electrons. The van der Waals surface area contributed by atoms with Gasteiger partial charge in [0.1, 0.15) is 0 Å². The predicted octanol–water partition coefficient (Wildman–Crippen LogP) is 2.27. The van der Waals surface area contributed by atoms with Gasteiger partial charge in [-0.15, -0.1) is 0 Å². The van der Waals surface area contributed by atoms with E-state index < -0.39 is 0 Å². The van der Waals surface area contributed by atoms with Crippen LogP contribution in [0.3, 0.4) is 0 Å². The first-order valence-corrected chi connectivity index (χ1v) is 8.37. The normalized spacial score (nSPS) is 27.8. The Bertz CT molecular complexity index is 463. The average molecular weight is 287 g/mol. The quantitative estimate of drug-likeness (QED) is 0.926. The van der Waals surface area contributed by atoms with E-state index in [2.05, 4.69) is 48.2 Å². The van der Waals surface area contributed by atoms with Gasteiger partial charge in [-0.3, -0.25) is 4.90 Å². The standard InChI is InChI=1S/C18H29N3/c1-20(2)13-14-9-11-21(12-10-14)17-8-7-15-5-3-4-6-16(15)18(17)19/h3-6,14,17-18H,7-13,19H2,1-2H3. The van der Waals surface area contributed by atoms with Gasteiger partial charge in [-0.05, 0) is 69.9 Å². The minimum Gasteiger partial charge on any atom is -0.323 e. The average Bonchev–Trinajstić information content (AvgIpc) is 2.48. The Hall–Kier alpha value is -0.900. The van der Waals surface area contributed by atoms with Gasteiger partial charge in [0, 0.05) is 18.6 Å². The van der Waals surface area contributed by atoms with Gasteiger partial charge in [0.25, 0.3) is 0 Å². The molecule has 1 saturated heterocycles. The van der Waals surface area contributed by atoms with Crippen molar-refractivity contribution in [1.82, 2.24) is 9.80 Å². The Labute approximate surface area is 129 Å². The van der Waals surface area contributed by atoms with E-state index in [1.807, 2.05) is 0 Å². The van der Waals surface area contributed by atoms with Crippen LogP contribution in [-0.2, 0) is 6.42 Å². The van der Waals surface area contributed by atoms with Crippen LogP contribution < -0.4 is 5.73 Å². The smallest absolute Gasteiger partial charge is 0.0455 e. The van der Waals surface area contributed by atoms with Crippen molar-refractivity contribution in [2.24, 2.45) is 11.7 Å². The zero-order valence-corrected chi connectivity index (χ0v) is 13.5. The number of rotatable bonds is 3. The van der Waals surface area contributed by atoms with Crippen molar-refractivity contribution in [3.8, 4) is 0 Å². The number of aryl methyl sites for hydroxylation is 1. The molecule has 0 aromatic heterocycles. The molecular weight excluding hydrogens is 258 g/mol. The highest BCUT2D eigenvalue weighted by atomic mass is 15.2. The molecule has 1 fully saturated rings. The van der Waals surface area contributed by atoms with Crippen molar-refractivity contribution < 1.29 is 0 Å². The highest BCUT2D eigenvalue weighted by molar-refractivity contribution is 5.33. The fourth-order valence-corrected chi connectivity index (χ4v) is 4.17. The molecule has 2 aliphatic rings. The van der Waals surface area contributed by atoms with Crippen LogP contribution in [-0.4, -0.2) is 49.6 Å². The molecule has 1 aliphatic heterocycles. The molecule has 0 amide bonds. The largest absolute Gasteiger partial charge is 0.323 e. The fraction of sp³-hybridized carbons (Fsp3) is 0.667. The molecule has 1 aromatic rings. The minimum absolute atomic E-state index is 0.195. The number of nitrogens with two attached hydrogens (primary N) is 1. The van der Waals surface area contributed by atoms with Gasteiger partial charge >= 0.3 is 0 Å². The van der Waals surface area contributed by atoms with Crippen molar-refractivity contribution in [3.05, 3.63) is 35.4 Å². The van der Waals surface area contributed by atoms with Crippen molar-refractivity contribution in [3.63, 3.8) is 0 Å². The maximum Gasteiger partial charge on any atom is 0.0455 e. The molecule has 21 heavy (non-hydrogen) atoms. The lowest BCUT2D eigenvalue weighted by Crippen LogP contribution is -2.49. The summed E-state index contributed by atoms with van der Waals surface area (Å²) < 4.78 is 0. The third kappa shape index (κ3) is 3.31. The second-order valence-corrected chi connectivity index (χ2v) is 7.07. The van der Waals surface area contributed by atoms with Crippen LogP contribution in [0.4, 0.5) is 0 Å². The lowest BCUT2D eigenvalue weighted by atomic mass is 9.82. The summed E-state index contributed by atoms with van der Waals surface area (Å²) in [7, 11) is 4.36. The van der Waals surface area contributed by atoms with E-state index >= 15 is 0 Å². The Balaban J connectivity index is 1.62. The van der Waals surface area contributed by atoms with Crippen molar-refractivity contribution >= 4 is 0 Å². The summed E-state index contributed by atoms with van der Waals surface area (Å²) in [6.45, 7) is 3.67. The minimum atomic E-state index is 0.195. The number of hydrogen-bond acceptors (Lipinski definition) is 3. The second kappa shape index (κ2) is 6.47. The van der Waals surface area contributed by atoms with Crippen LogP contribution in [0, 0.1) is 5.92 Å². The van der Waals surface area contributed by atoms with Gasteiger partial charge in [0.05, 0.1) is 0 Å². The summed E-state index contributed by atoms with van der Waals surface area (Å²) in [5.41, 5.74) is 9.43. The van der Waals surface area contributed by atoms with E-state index in [0.29, 0.717) is 6.04 Å². The third-order valence-corrected chi connectivity index (χ3v) is 5.28. The van der Waals surface area contributed by atoms with Crippen LogP contribution in [0.15, 0.2) is 24.3 Å². The van der Waals surface area contributed by atoms with Gasteiger partial charge < -0.3 is 10.6 Å². The molecule has 116 valence electrons. The van der Waals surface area contributed by atoms with E-state index in [9.17, 15) is 0 Å². The molecule has 3 nitrogen and oxygen atoms in total. The number of nitrogens with zero attached hydrogens (tertiary/aromatic N) is 2. The summed E-state index contributed by atoms with van der Waals surface area (Å²) >= 11 is 0. The maximum absolute atomic E-state index is 6.59. The Morgan fingerprint density at radius 1 is 1.14 bits per heavy atom. The van der Waals surface area contributed by atoms with Crippen LogP contribution in [0.2, 0.25) is 0 Å². The van der Waals surface area contributed by atoms with Gasteiger partial charge in [-0.1, -0.05) is 24.3 Å². The molecule has 2 N–H and O–H groups in total. The monoisotopic (exact) mass is 287 g/mol. The Morgan fingerprint density at radius 2 is 1.86 bits per heavy atom.